The molecule has 0 heterocycles. The van der Waals surface area contributed by atoms with Gasteiger partial charge in [0.05, 0.1) is 24.8 Å². The molecular formula is C14H21BrO3. The van der Waals surface area contributed by atoms with Crippen LogP contribution in [-0.4, -0.2) is 19.3 Å². The van der Waals surface area contributed by atoms with E-state index in [1.165, 1.54) is 0 Å². The molecule has 0 fully saturated rings. The van der Waals surface area contributed by atoms with Crippen molar-refractivity contribution in [3.05, 3.63) is 22.2 Å². The Kier molecular flexibility index (Phi) is 5.96. The average Bonchev–Trinajstić information content (AvgIpc) is 2.39. The van der Waals surface area contributed by atoms with E-state index in [1.807, 2.05) is 12.1 Å². The molecular weight excluding hydrogens is 296 g/mol. The van der Waals surface area contributed by atoms with E-state index in [0.29, 0.717) is 11.5 Å². The Balaban J connectivity index is 3.20. The third-order valence-corrected chi connectivity index (χ3v) is 3.94. The van der Waals surface area contributed by atoms with E-state index in [2.05, 4.69) is 29.8 Å². The molecule has 1 unspecified atom stereocenters. The number of halogens is 1. The van der Waals surface area contributed by atoms with E-state index in [0.717, 1.165) is 22.9 Å². The van der Waals surface area contributed by atoms with E-state index in [4.69, 9.17) is 9.47 Å². The number of aliphatic hydroxyl groups excluding tert-OH is 1. The summed E-state index contributed by atoms with van der Waals surface area (Å²) in [6.45, 7) is 4.17. The zero-order valence-electron chi connectivity index (χ0n) is 11.4. The van der Waals surface area contributed by atoms with Crippen molar-refractivity contribution in [2.24, 2.45) is 5.92 Å². The number of ether oxygens (including phenoxy) is 2. The summed E-state index contributed by atoms with van der Waals surface area (Å²) >= 11 is 3.42. The molecule has 0 aromatic heterocycles. The maximum Gasteiger partial charge on any atom is 0.133 e. The molecule has 0 saturated carbocycles. The lowest BCUT2D eigenvalue weighted by Crippen LogP contribution is -2.12. The lowest BCUT2D eigenvalue weighted by Gasteiger charge is -2.23. The number of methoxy groups -OCH3 is 2. The molecule has 0 radical (unpaired) electrons. The van der Waals surface area contributed by atoms with Gasteiger partial charge in [0, 0.05) is 5.56 Å². The van der Waals surface area contributed by atoms with E-state index in [9.17, 15) is 5.11 Å². The Morgan fingerprint density at radius 3 is 2.11 bits per heavy atom. The first-order chi connectivity index (χ1) is 8.58. The predicted molar refractivity (Wildman–Crippen MR) is 76.3 cm³/mol. The van der Waals surface area contributed by atoms with E-state index in [1.54, 1.807) is 14.2 Å². The molecule has 0 amide bonds. The van der Waals surface area contributed by atoms with Crippen LogP contribution in [0.2, 0.25) is 0 Å². The second-order valence-corrected chi connectivity index (χ2v) is 5.10. The molecule has 0 bridgehead atoms. The highest BCUT2D eigenvalue weighted by atomic mass is 79.9. The third-order valence-electron chi connectivity index (χ3n) is 3.32. The quantitative estimate of drug-likeness (QED) is 0.864. The van der Waals surface area contributed by atoms with Gasteiger partial charge >= 0.3 is 0 Å². The van der Waals surface area contributed by atoms with Gasteiger partial charge in [-0.05, 0) is 34.0 Å². The fourth-order valence-corrected chi connectivity index (χ4v) is 2.59. The fourth-order valence-electron chi connectivity index (χ4n) is 2.10. The van der Waals surface area contributed by atoms with Gasteiger partial charge in [-0.2, -0.15) is 0 Å². The Hall–Kier alpha value is -0.740. The molecule has 1 aromatic rings. The van der Waals surface area contributed by atoms with Gasteiger partial charge in [-0.3, -0.25) is 0 Å². The summed E-state index contributed by atoms with van der Waals surface area (Å²) in [7, 11) is 3.22. The van der Waals surface area contributed by atoms with Crippen LogP contribution in [0.15, 0.2) is 16.6 Å². The molecule has 1 N–H and O–H groups in total. The van der Waals surface area contributed by atoms with E-state index < -0.39 is 6.10 Å². The van der Waals surface area contributed by atoms with Crippen LogP contribution in [0.3, 0.4) is 0 Å². The van der Waals surface area contributed by atoms with Gasteiger partial charge in [0.15, 0.2) is 0 Å². The van der Waals surface area contributed by atoms with Crippen LogP contribution in [0, 0.1) is 5.92 Å². The summed E-state index contributed by atoms with van der Waals surface area (Å²) in [4.78, 5) is 0. The minimum atomic E-state index is -0.531. The van der Waals surface area contributed by atoms with E-state index in [-0.39, 0.29) is 5.92 Å². The zero-order chi connectivity index (χ0) is 13.7. The second-order valence-electron chi connectivity index (χ2n) is 4.25. The van der Waals surface area contributed by atoms with Crippen molar-refractivity contribution in [3.8, 4) is 11.5 Å². The Morgan fingerprint density at radius 1 is 1.11 bits per heavy atom. The van der Waals surface area contributed by atoms with Crippen molar-refractivity contribution in [2.75, 3.05) is 14.2 Å². The summed E-state index contributed by atoms with van der Waals surface area (Å²) in [5.74, 6) is 1.61. The number of rotatable bonds is 6. The van der Waals surface area contributed by atoms with Crippen molar-refractivity contribution in [1.82, 2.24) is 0 Å². The standard InChI is InChI=1S/C14H21BrO3/c1-5-9(6-2)14(16)10-7-13(18-4)11(15)8-12(10)17-3/h7-9,14,16H,5-6H2,1-4H3. The summed E-state index contributed by atoms with van der Waals surface area (Å²) in [6, 6.07) is 3.67. The molecule has 0 aliphatic rings. The monoisotopic (exact) mass is 316 g/mol. The first kappa shape index (κ1) is 15.3. The van der Waals surface area contributed by atoms with Crippen molar-refractivity contribution in [2.45, 2.75) is 32.8 Å². The summed E-state index contributed by atoms with van der Waals surface area (Å²) in [5.41, 5.74) is 0.784. The Labute approximate surface area is 117 Å². The maximum atomic E-state index is 10.5. The van der Waals surface area contributed by atoms with Gasteiger partial charge in [0.25, 0.3) is 0 Å². The number of benzene rings is 1. The number of hydrogen-bond acceptors (Lipinski definition) is 3. The molecule has 4 heteroatoms. The summed E-state index contributed by atoms with van der Waals surface area (Å²) in [5, 5.41) is 10.5. The van der Waals surface area contributed by atoms with Crippen molar-refractivity contribution in [3.63, 3.8) is 0 Å². The normalized spacial score (nSPS) is 12.6. The predicted octanol–water partition coefficient (Wildman–Crippen LogP) is 3.94. The topological polar surface area (TPSA) is 38.7 Å². The molecule has 3 nitrogen and oxygen atoms in total. The molecule has 0 saturated heterocycles. The lowest BCUT2D eigenvalue weighted by atomic mass is 9.91. The highest BCUT2D eigenvalue weighted by Gasteiger charge is 2.22. The van der Waals surface area contributed by atoms with Crippen LogP contribution >= 0.6 is 15.9 Å². The molecule has 1 atom stereocenters. The number of aliphatic hydroxyl groups is 1. The molecule has 102 valence electrons. The Morgan fingerprint density at radius 2 is 1.67 bits per heavy atom. The van der Waals surface area contributed by atoms with Gasteiger partial charge in [-0.15, -0.1) is 0 Å². The molecule has 0 spiro atoms. The minimum absolute atomic E-state index is 0.227. The van der Waals surface area contributed by atoms with Gasteiger partial charge in [-0.1, -0.05) is 26.7 Å². The van der Waals surface area contributed by atoms with E-state index >= 15 is 0 Å². The highest BCUT2D eigenvalue weighted by molar-refractivity contribution is 9.10. The second kappa shape index (κ2) is 7.00. The molecule has 0 aliphatic heterocycles. The van der Waals surface area contributed by atoms with Crippen LogP contribution in [0.4, 0.5) is 0 Å². The van der Waals surface area contributed by atoms with Crippen LogP contribution in [0.25, 0.3) is 0 Å². The van der Waals surface area contributed by atoms with Gasteiger partial charge in [0.2, 0.25) is 0 Å². The molecule has 1 aromatic carbocycles. The van der Waals surface area contributed by atoms with Crippen LogP contribution in [0.5, 0.6) is 11.5 Å². The smallest absolute Gasteiger partial charge is 0.133 e. The third kappa shape index (κ3) is 3.18. The summed E-state index contributed by atoms with van der Waals surface area (Å²) < 4.78 is 11.4. The fraction of sp³-hybridized carbons (Fsp3) is 0.571. The molecule has 18 heavy (non-hydrogen) atoms. The summed E-state index contributed by atoms with van der Waals surface area (Å²) in [6.07, 6.45) is 1.33. The maximum absolute atomic E-state index is 10.5. The highest BCUT2D eigenvalue weighted by Crippen LogP contribution is 2.39. The van der Waals surface area contributed by atoms with Crippen molar-refractivity contribution < 1.29 is 14.6 Å². The van der Waals surface area contributed by atoms with Crippen LogP contribution in [-0.2, 0) is 0 Å². The van der Waals surface area contributed by atoms with Crippen LogP contribution < -0.4 is 9.47 Å². The molecule has 1 rings (SSSR count). The van der Waals surface area contributed by atoms with Gasteiger partial charge in [-0.25, -0.2) is 0 Å². The van der Waals surface area contributed by atoms with Gasteiger partial charge in [0.1, 0.15) is 11.5 Å². The van der Waals surface area contributed by atoms with Crippen LogP contribution in [0.1, 0.15) is 38.4 Å². The first-order valence-corrected chi connectivity index (χ1v) is 6.97. The Bertz CT molecular complexity index is 389. The number of hydrogen-bond donors (Lipinski definition) is 1. The van der Waals surface area contributed by atoms with Crippen molar-refractivity contribution >= 4 is 15.9 Å². The average molecular weight is 317 g/mol. The largest absolute Gasteiger partial charge is 0.496 e. The minimum Gasteiger partial charge on any atom is -0.496 e. The zero-order valence-corrected chi connectivity index (χ0v) is 13.0. The van der Waals surface area contributed by atoms with Gasteiger partial charge < -0.3 is 14.6 Å². The first-order valence-electron chi connectivity index (χ1n) is 6.18. The van der Waals surface area contributed by atoms with Crippen molar-refractivity contribution in [1.29, 1.82) is 0 Å². The molecule has 0 aliphatic carbocycles. The SMILES string of the molecule is CCC(CC)C(O)c1cc(OC)c(Br)cc1OC. The lowest BCUT2D eigenvalue weighted by molar-refractivity contribution is 0.100.